The lowest BCUT2D eigenvalue weighted by Crippen LogP contribution is -2.06. The minimum Gasteiger partial charge on any atom is -0.353 e. The third kappa shape index (κ3) is 2.97. The molecule has 1 aromatic carbocycles. The summed E-state index contributed by atoms with van der Waals surface area (Å²) in [5, 5.41) is 3.51. The molecule has 0 atom stereocenters. The molecule has 0 fully saturated rings. The zero-order valence-corrected chi connectivity index (χ0v) is 14.4. The fraction of sp³-hybridized carbons (Fsp3) is 0.158. The number of nitrogens with one attached hydrogen (secondary N) is 1. The summed E-state index contributed by atoms with van der Waals surface area (Å²) in [4.78, 5) is 7.54. The number of benzene rings is 1. The van der Waals surface area contributed by atoms with E-state index >= 15 is 0 Å². The van der Waals surface area contributed by atoms with E-state index in [1.807, 2.05) is 0 Å². The Hall–Kier alpha value is -3.16. The molecule has 3 heterocycles. The Kier molecular flexibility index (Phi) is 3.80. The second-order valence-corrected chi connectivity index (χ2v) is 6.28. The van der Waals surface area contributed by atoms with Crippen molar-refractivity contribution in [2.75, 3.05) is 0 Å². The first-order valence-electron chi connectivity index (χ1n) is 8.11. The van der Waals surface area contributed by atoms with Crippen LogP contribution in [0, 0.1) is 12.7 Å². The van der Waals surface area contributed by atoms with Gasteiger partial charge in [0.15, 0.2) is 5.69 Å². The molecule has 0 saturated heterocycles. The number of aromatic amines is 1. The number of aromatic nitrogens is 4. The Morgan fingerprint density at radius 2 is 1.85 bits per heavy atom. The van der Waals surface area contributed by atoms with Crippen LogP contribution in [-0.4, -0.2) is 19.7 Å². The quantitative estimate of drug-likeness (QED) is 0.497. The van der Waals surface area contributed by atoms with Crippen molar-refractivity contribution in [1.29, 1.82) is 0 Å². The number of fused-ring (bicyclic) bond motifs is 1. The zero-order valence-electron chi connectivity index (χ0n) is 14.4. The minimum atomic E-state index is -4.52. The Morgan fingerprint density at radius 1 is 1.07 bits per heavy atom. The fourth-order valence-corrected chi connectivity index (χ4v) is 3.10. The molecule has 0 amide bonds. The van der Waals surface area contributed by atoms with Crippen LogP contribution in [0.5, 0.6) is 0 Å². The lowest BCUT2D eigenvalue weighted by atomic mass is 10.1. The highest BCUT2D eigenvalue weighted by atomic mass is 19.4. The van der Waals surface area contributed by atoms with Crippen LogP contribution in [-0.2, 0) is 13.2 Å². The smallest absolute Gasteiger partial charge is 0.353 e. The Morgan fingerprint density at radius 3 is 2.52 bits per heavy atom. The number of halogens is 4. The van der Waals surface area contributed by atoms with Crippen molar-refractivity contribution in [3.05, 3.63) is 59.5 Å². The molecular weight excluding hydrogens is 360 g/mol. The Bertz CT molecular complexity index is 1130. The van der Waals surface area contributed by atoms with E-state index in [4.69, 9.17) is 0 Å². The average Bonchev–Trinajstić information content (AvgIpc) is 3.17. The van der Waals surface area contributed by atoms with Crippen molar-refractivity contribution in [3.8, 4) is 22.6 Å². The van der Waals surface area contributed by atoms with Crippen molar-refractivity contribution in [1.82, 2.24) is 19.7 Å². The van der Waals surface area contributed by atoms with Gasteiger partial charge in [0.25, 0.3) is 0 Å². The van der Waals surface area contributed by atoms with E-state index in [0.717, 1.165) is 16.3 Å². The largest absolute Gasteiger partial charge is 0.435 e. The number of H-pyrrole nitrogens is 1. The molecule has 0 saturated carbocycles. The maximum absolute atomic E-state index is 14.2. The highest BCUT2D eigenvalue weighted by Gasteiger charge is 2.34. The van der Waals surface area contributed by atoms with Gasteiger partial charge in [-0.3, -0.25) is 4.68 Å². The summed E-state index contributed by atoms with van der Waals surface area (Å²) in [6.45, 7) is 1.80. The normalized spacial score (nSPS) is 12.1. The molecule has 0 aliphatic carbocycles. The monoisotopic (exact) mass is 374 g/mol. The third-order valence-corrected chi connectivity index (χ3v) is 4.40. The molecule has 0 spiro atoms. The second-order valence-electron chi connectivity index (χ2n) is 6.28. The third-order valence-electron chi connectivity index (χ3n) is 4.40. The van der Waals surface area contributed by atoms with Gasteiger partial charge in [0, 0.05) is 12.6 Å². The van der Waals surface area contributed by atoms with E-state index in [9.17, 15) is 17.6 Å². The Balaban J connectivity index is 1.82. The van der Waals surface area contributed by atoms with Gasteiger partial charge in [-0.15, -0.1) is 0 Å². The van der Waals surface area contributed by atoms with Crippen LogP contribution in [0.25, 0.3) is 33.7 Å². The van der Waals surface area contributed by atoms with Crippen LogP contribution < -0.4 is 0 Å². The predicted molar refractivity (Wildman–Crippen MR) is 93.4 cm³/mol. The van der Waals surface area contributed by atoms with Gasteiger partial charge in [-0.05, 0) is 42.8 Å². The van der Waals surface area contributed by atoms with Crippen molar-refractivity contribution in [3.63, 3.8) is 0 Å². The van der Waals surface area contributed by atoms with Crippen molar-refractivity contribution < 1.29 is 17.6 Å². The molecule has 27 heavy (non-hydrogen) atoms. The zero-order chi connectivity index (χ0) is 19.3. The van der Waals surface area contributed by atoms with E-state index in [1.54, 1.807) is 37.3 Å². The van der Waals surface area contributed by atoms with Gasteiger partial charge in [0.05, 0.1) is 28.1 Å². The molecule has 0 unspecified atom stereocenters. The Labute approximate surface area is 151 Å². The molecule has 138 valence electrons. The number of hydrogen-bond acceptors (Lipinski definition) is 2. The molecule has 0 radical (unpaired) electrons. The molecule has 4 nitrogen and oxygen atoms in total. The summed E-state index contributed by atoms with van der Waals surface area (Å²) in [6, 6.07) is 10.8. The standard InChI is InChI=1S/C19H14F4N4/c1-10-4-3-5-11(20)18(10)15-8-14-12(24-15)6-7-13(25-14)16-9-17(19(21,22)23)26-27(16)2/h3-9,24H,1-2H3. The SMILES string of the molecule is Cc1cccc(F)c1-c1cc2nc(-c3cc(C(F)(F)F)nn3C)ccc2[nH]1. The van der Waals surface area contributed by atoms with Crippen LogP contribution in [0.15, 0.2) is 42.5 Å². The molecule has 0 bridgehead atoms. The van der Waals surface area contributed by atoms with Gasteiger partial charge in [0.1, 0.15) is 5.82 Å². The highest BCUT2D eigenvalue weighted by molar-refractivity contribution is 5.85. The van der Waals surface area contributed by atoms with Crippen LogP contribution in [0.2, 0.25) is 0 Å². The average molecular weight is 374 g/mol. The van der Waals surface area contributed by atoms with Crippen molar-refractivity contribution >= 4 is 11.0 Å². The van der Waals surface area contributed by atoms with Crippen LogP contribution in [0.3, 0.4) is 0 Å². The highest BCUT2D eigenvalue weighted by Crippen LogP contribution is 2.32. The molecular formula is C19H14F4N4. The first-order valence-corrected chi connectivity index (χ1v) is 8.11. The maximum Gasteiger partial charge on any atom is 0.435 e. The van der Waals surface area contributed by atoms with Crippen molar-refractivity contribution in [2.24, 2.45) is 7.05 Å². The number of aryl methyl sites for hydroxylation is 2. The summed E-state index contributed by atoms with van der Waals surface area (Å²) >= 11 is 0. The van der Waals surface area contributed by atoms with Crippen LogP contribution in [0.4, 0.5) is 17.6 Å². The molecule has 1 N–H and O–H groups in total. The molecule has 0 aliphatic heterocycles. The van der Waals surface area contributed by atoms with E-state index in [0.29, 0.717) is 28.0 Å². The number of rotatable bonds is 2. The van der Waals surface area contributed by atoms with E-state index < -0.39 is 11.9 Å². The lowest BCUT2D eigenvalue weighted by molar-refractivity contribution is -0.141. The molecule has 3 aromatic heterocycles. The van der Waals surface area contributed by atoms with Gasteiger partial charge < -0.3 is 4.98 Å². The topological polar surface area (TPSA) is 46.5 Å². The fourth-order valence-electron chi connectivity index (χ4n) is 3.10. The number of nitrogens with zero attached hydrogens (tertiary/aromatic N) is 3. The van der Waals surface area contributed by atoms with Gasteiger partial charge in [0.2, 0.25) is 0 Å². The van der Waals surface area contributed by atoms with Gasteiger partial charge >= 0.3 is 6.18 Å². The number of hydrogen-bond donors (Lipinski definition) is 1. The predicted octanol–water partition coefficient (Wildman–Crippen LogP) is 5.10. The molecule has 4 rings (SSSR count). The number of pyridine rings is 1. The summed E-state index contributed by atoms with van der Waals surface area (Å²) in [5.74, 6) is -0.358. The van der Waals surface area contributed by atoms with Crippen LogP contribution >= 0.6 is 0 Å². The van der Waals surface area contributed by atoms with Crippen LogP contribution in [0.1, 0.15) is 11.3 Å². The summed E-state index contributed by atoms with van der Waals surface area (Å²) < 4.78 is 54.0. The maximum atomic E-state index is 14.2. The summed E-state index contributed by atoms with van der Waals surface area (Å²) in [5.41, 5.74) is 2.58. The molecule has 8 heteroatoms. The number of alkyl halides is 3. The molecule has 0 aliphatic rings. The minimum absolute atomic E-state index is 0.244. The molecule has 4 aromatic rings. The van der Waals surface area contributed by atoms with Gasteiger partial charge in [-0.1, -0.05) is 12.1 Å². The lowest BCUT2D eigenvalue weighted by Gasteiger charge is -2.04. The van der Waals surface area contributed by atoms with Gasteiger partial charge in [-0.2, -0.15) is 18.3 Å². The van der Waals surface area contributed by atoms with E-state index in [2.05, 4.69) is 15.1 Å². The van der Waals surface area contributed by atoms with E-state index in [-0.39, 0.29) is 11.5 Å². The van der Waals surface area contributed by atoms with E-state index in [1.165, 1.54) is 13.1 Å². The van der Waals surface area contributed by atoms with Gasteiger partial charge in [-0.25, -0.2) is 9.37 Å². The van der Waals surface area contributed by atoms with Crippen molar-refractivity contribution in [2.45, 2.75) is 13.1 Å². The summed E-state index contributed by atoms with van der Waals surface area (Å²) in [6.07, 6.45) is -4.52. The first-order chi connectivity index (χ1) is 12.7. The first kappa shape index (κ1) is 17.3. The second kappa shape index (κ2) is 5.94. The summed E-state index contributed by atoms with van der Waals surface area (Å²) in [7, 11) is 1.43.